The SMILES string of the molecule is Cc1ccc(C)c(OCCCCCCS(=O)(=O)Cl)c1. The molecule has 0 N–H and O–H groups in total. The molecular weight excluding hydrogens is 284 g/mol. The number of ether oxygens (including phenoxy) is 1. The second-order valence-electron chi connectivity index (χ2n) is 4.77. The Morgan fingerprint density at radius 1 is 1.11 bits per heavy atom. The summed E-state index contributed by atoms with van der Waals surface area (Å²) in [5.74, 6) is 0.996. The highest BCUT2D eigenvalue weighted by Gasteiger charge is 2.04. The van der Waals surface area contributed by atoms with Crippen molar-refractivity contribution in [3.8, 4) is 5.75 Å². The maximum absolute atomic E-state index is 10.7. The van der Waals surface area contributed by atoms with Gasteiger partial charge in [0, 0.05) is 10.7 Å². The van der Waals surface area contributed by atoms with Crippen LogP contribution in [-0.2, 0) is 9.05 Å². The lowest BCUT2D eigenvalue weighted by Crippen LogP contribution is -2.00. The molecule has 0 radical (unpaired) electrons. The van der Waals surface area contributed by atoms with Gasteiger partial charge >= 0.3 is 0 Å². The first kappa shape index (κ1) is 16.3. The number of hydrogen-bond acceptors (Lipinski definition) is 3. The Hall–Kier alpha value is -0.740. The Kier molecular flexibility index (Phi) is 6.66. The van der Waals surface area contributed by atoms with Gasteiger partial charge in [0.15, 0.2) is 0 Å². The van der Waals surface area contributed by atoms with Gasteiger partial charge in [-0.25, -0.2) is 8.42 Å². The molecule has 0 atom stereocenters. The number of halogens is 1. The number of rotatable bonds is 8. The van der Waals surface area contributed by atoms with E-state index in [0.717, 1.165) is 30.6 Å². The number of hydrogen-bond donors (Lipinski definition) is 0. The fraction of sp³-hybridized carbons (Fsp3) is 0.571. The van der Waals surface area contributed by atoms with Gasteiger partial charge < -0.3 is 4.74 Å². The molecule has 1 aromatic carbocycles. The van der Waals surface area contributed by atoms with E-state index in [0.29, 0.717) is 13.0 Å². The van der Waals surface area contributed by atoms with Gasteiger partial charge in [-0.15, -0.1) is 0 Å². The van der Waals surface area contributed by atoms with Crippen LogP contribution in [0.25, 0.3) is 0 Å². The lowest BCUT2D eigenvalue weighted by atomic mass is 10.1. The number of aryl methyl sites for hydroxylation is 2. The number of unbranched alkanes of at least 4 members (excludes halogenated alkanes) is 3. The molecule has 0 spiro atoms. The molecule has 0 saturated heterocycles. The highest BCUT2D eigenvalue weighted by atomic mass is 35.7. The quantitative estimate of drug-likeness (QED) is 0.542. The third-order valence-corrected chi connectivity index (χ3v) is 4.12. The second-order valence-corrected chi connectivity index (χ2v) is 7.67. The molecule has 0 aliphatic rings. The minimum Gasteiger partial charge on any atom is -0.493 e. The lowest BCUT2D eigenvalue weighted by Gasteiger charge is -2.09. The monoisotopic (exact) mass is 304 g/mol. The molecule has 0 heterocycles. The molecule has 3 nitrogen and oxygen atoms in total. The molecule has 0 fully saturated rings. The van der Waals surface area contributed by atoms with Crippen molar-refractivity contribution in [3.63, 3.8) is 0 Å². The number of benzene rings is 1. The van der Waals surface area contributed by atoms with Gasteiger partial charge in [-0.05, 0) is 43.9 Å². The van der Waals surface area contributed by atoms with Crippen LogP contribution in [0.4, 0.5) is 0 Å². The van der Waals surface area contributed by atoms with Crippen LogP contribution < -0.4 is 4.74 Å². The zero-order chi connectivity index (χ0) is 14.3. The minimum atomic E-state index is -3.33. The molecule has 19 heavy (non-hydrogen) atoms. The van der Waals surface area contributed by atoms with E-state index in [1.165, 1.54) is 5.56 Å². The standard InChI is InChI=1S/C14H21ClO3S/c1-12-7-8-13(2)14(11-12)18-9-5-3-4-6-10-19(15,16)17/h7-8,11H,3-6,9-10H2,1-2H3. The fourth-order valence-electron chi connectivity index (χ4n) is 1.78. The summed E-state index contributed by atoms with van der Waals surface area (Å²) >= 11 is 0. The van der Waals surface area contributed by atoms with Gasteiger partial charge in [0.1, 0.15) is 5.75 Å². The van der Waals surface area contributed by atoms with E-state index in [9.17, 15) is 8.42 Å². The predicted molar refractivity (Wildman–Crippen MR) is 79.5 cm³/mol. The Labute approximate surface area is 120 Å². The van der Waals surface area contributed by atoms with Crippen molar-refractivity contribution in [1.29, 1.82) is 0 Å². The van der Waals surface area contributed by atoms with Gasteiger partial charge in [-0.1, -0.05) is 25.0 Å². The molecule has 0 saturated carbocycles. The van der Waals surface area contributed by atoms with Crippen molar-refractivity contribution in [2.75, 3.05) is 12.4 Å². The van der Waals surface area contributed by atoms with Crippen LogP contribution in [0.5, 0.6) is 5.75 Å². The molecule has 0 aliphatic heterocycles. The van der Waals surface area contributed by atoms with Gasteiger partial charge in [-0.2, -0.15) is 0 Å². The van der Waals surface area contributed by atoms with Crippen LogP contribution in [0.15, 0.2) is 18.2 Å². The highest BCUT2D eigenvalue weighted by Crippen LogP contribution is 2.19. The molecule has 0 aliphatic carbocycles. The Balaban J connectivity index is 2.16. The summed E-state index contributed by atoms with van der Waals surface area (Å²) in [7, 11) is 1.80. The maximum atomic E-state index is 10.7. The summed E-state index contributed by atoms with van der Waals surface area (Å²) in [4.78, 5) is 0. The zero-order valence-electron chi connectivity index (χ0n) is 11.5. The van der Waals surface area contributed by atoms with E-state index in [2.05, 4.69) is 12.1 Å². The first-order chi connectivity index (χ1) is 8.88. The molecule has 0 amide bonds. The molecule has 1 rings (SSSR count). The molecule has 5 heteroatoms. The van der Waals surface area contributed by atoms with Crippen molar-refractivity contribution in [1.82, 2.24) is 0 Å². The highest BCUT2D eigenvalue weighted by molar-refractivity contribution is 8.13. The van der Waals surface area contributed by atoms with Gasteiger partial charge in [0.2, 0.25) is 9.05 Å². The first-order valence-corrected chi connectivity index (χ1v) is 8.99. The fourth-order valence-corrected chi connectivity index (χ4v) is 2.65. The molecule has 1 aromatic rings. The van der Waals surface area contributed by atoms with Crippen molar-refractivity contribution in [2.45, 2.75) is 39.5 Å². The summed E-state index contributed by atoms with van der Waals surface area (Å²) in [6, 6.07) is 6.15. The van der Waals surface area contributed by atoms with Crippen LogP contribution in [0.1, 0.15) is 36.8 Å². The van der Waals surface area contributed by atoms with Crippen molar-refractivity contribution in [2.24, 2.45) is 0 Å². The molecule has 108 valence electrons. The normalized spacial score (nSPS) is 11.5. The summed E-state index contributed by atoms with van der Waals surface area (Å²) in [5, 5.41) is 0. The summed E-state index contributed by atoms with van der Waals surface area (Å²) in [6.45, 7) is 4.73. The zero-order valence-corrected chi connectivity index (χ0v) is 13.1. The van der Waals surface area contributed by atoms with Crippen LogP contribution in [0.3, 0.4) is 0 Å². The average Bonchev–Trinajstić information content (AvgIpc) is 2.31. The summed E-state index contributed by atoms with van der Waals surface area (Å²) in [5.41, 5.74) is 2.33. The van der Waals surface area contributed by atoms with Crippen molar-refractivity contribution in [3.05, 3.63) is 29.3 Å². The average molecular weight is 305 g/mol. The van der Waals surface area contributed by atoms with Crippen LogP contribution in [0, 0.1) is 13.8 Å². The first-order valence-electron chi connectivity index (χ1n) is 6.51. The largest absolute Gasteiger partial charge is 0.493 e. The van der Waals surface area contributed by atoms with Crippen LogP contribution >= 0.6 is 10.7 Å². The van der Waals surface area contributed by atoms with Gasteiger partial charge in [-0.3, -0.25) is 0 Å². The van der Waals surface area contributed by atoms with E-state index in [4.69, 9.17) is 15.4 Å². The van der Waals surface area contributed by atoms with Gasteiger partial charge in [0.25, 0.3) is 0 Å². The van der Waals surface area contributed by atoms with E-state index >= 15 is 0 Å². The van der Waals surface area contributed by atoms with Gasteiger partial charge in [0.05, 0.1) is 12.4 Å². The summed E-state index contributed by atoms with van der Waals surface area (Å²) < 4.78 is 27.2. The second kappa shape index (κ2) is 7.75. The van der Waals surface area contributed by atoms with E-state index in [1.54, 1.807) is 0 Å². The predicted octanol–water partition coefficient (Wildman–Crippen LogP) is 3.81. The van der Waals surface area contributed by atoms with Crippen LogP contribution in [-0.4, -0.2) is 20.8 Å². The molecular formula is C14H21ClO3S. The maximum Gasteiger partial charge on any atom is 0.232 e. The third-order valence-electron chi connectivity index (χ3n) is 2.88. The topological polar surface area (TPSA) is 43.4 Å². The van der Waals surface area contributed by atoms with E-state index < -0.39 is 9.05 Å². The van der Waals surface area contributed by atoms with E-state index in [-0.39, 0.29) is 5.75 Å². The minimum absolute atomic E-state index is 0.0619. The van der Waals surface area contributed by atoms with Crippen molar-refractivity contribution < 1.29 is 13.2 Å². The van der Waals surface area contributed by atoms with E-state index in [1.807, 2.05) is 19.9 Å². The van der Waals surface area contributed by atoms with Crippen LogP contribution in [0.2, 0.25) is 0 Å². The molecule has 0 bridgehead atoms. The molecule has 0 aromatic heterocycles. The lowest BCUT2D eigenvalue weighted by molar-refractivity contribution is 0.303. The Morgan fingerprint density at radius 2 is 1.79 bits per heavy atom. The molecule has 0 unspecified atom stereocenters. The Morgan fingerprint density at radius 3 is 2.47 bits per heavy atom. The van der Waals surface area contributed by atoms with Crippen molar-refractivity contribution >= 4 is 19.7 Å². The summed E-state index contributed by atoms with van der Waals surface area (Å²) in [6.07, 6.45) is 3.37. The third kappa shape index (κ3) is 7.43. The Bertz CT molecular complexity index is 497. The smallest absolute Gasteiger partial charge is 0.232 e.